The molecule has 1 aromatic heterocycles. The van der Waals surface area contributed by atoms with Crippen molar-refractivity contribution in [1.29, 1.82) is 0 Å². The minimum atomic E-state index is -1.27. The van der Waals surface area contributed by atoms with Crippen LogP contribution in [0.5, 0.6) is 0 Å². The van der Waals surface area contributed by atoms with Crippen molar-refractivity contribution in [2.45, 2.75) is 31.1 Å². The van der Waals surface area contributed by atoms with Gasteiger partial charge in [-0.1, -0.05) is 104 Å². The van der Waals surface area contributed by atoms with Gasteiger partial charge in [-0.15, -0.1) is 0 Å². The van der Waals surface area contributed by atoms with Crippen molar-refractivity contribution in [3.8, 4) is 0 Å². The summed E-state index contributed by atoms with van der Waals surface area (Å²) in [5.41, 5.74) is 4.08. The number of unbranched alkanes of at least 4 members (excludes halogenated alkanes) is 1. The topological polar surface area (TPSA) is 90.2 Å². The van der Waals surface area contributed by atoms with Crippen molar-refractivity contribution in [3.05, 3.63) is 121 Å². The standard InChI is InChI=1S/C32H30N6O3S/c1-4-5-20-37-24-19-13-12-18-23(24)25(27(37)39)26-28(40)38-29(42-26)33-31(21-14-8-6-9-15-21)32(34-38,22-16-10-7-11-17-22)36(3)30(41)35(31)2/h6-19,34H,4-5,20H2,1-3H3/b26-25-. The van der Waals surface area contributed by atoms with E-state index < -0.39 is 11.3 Å². The molecule has 0 saturated carbocycles. The van der Waals surface area contributed by atoms with Gasteiger partial charge in [-0.2, -0.15) is 4.68 Å². The summed E-state index contributed by atoms with van der Waals surface area (Å²) in [7, 11) is 3.46. The van der Waals surface area contributed by atoms with E-state index in [9.17, 15) is 14.4 Å². The van der Waals surface area contributed by atoms with Crippen LogP contribution in [0.25, 0.3) is 5.57 Å². The molecular weight excluding hydrogens is 548 g/mol. The largest absolute Gasteiger partial charge is 0.324 e. The second-order valence-corrected chi connectivity index (χ2v) is 11.8. The lowest BCUT2D eigenvalue weighted by Crippen LogP contribution is -2.67. The van der Waals surface area contributed by atoms with Gasteiger partial charge in [0, 0.05) is 37.3 Å². The number of urea groups is 1. The zero-order chi connectivity index (χ0) is 29.2. The molecule has 4 aromatic rings. The smallest absolute Gasteiger partial charge is 0.308 e. The zero-order valence-electron chi connectivity index (χ0n) is 23.6. The number of hydrogen-bond acceptors (Lipinski definition) is 6. The fraction of sp³-hybridized carbons (Fsp3) is 0.250. The molecule has 3 aliphatic heterocycles. The van der Waals surface area contributed by atoms with Crippen LogP contribution in [0.1, 0.15) is 36.5 Å². The van der Waals surface area contributed by atoms with Crippen LogP contribution < -0.4 is 25.2 Å². The number of benzene rings is 3. The third-order valence-corrected chi connectivity index (χ3v) is 9.67. The molecule has 7 rings (SSSR count). The number of para-hydroxylation sites is 1. The van der Waals surface area contributed by atoms with E-state index in [4.69, 9.17) is 4.99 Å². The second kappa shape index (κ2) is 9.42. The number of carbonyl (C=O) groups excluding carboxylic acids is 2. The van der Waals surface area contributed by atoms with Crippen molar-refractivity contribution in [2.24, 2.45) is 4.99 Å². The van der Waals surface area contributed by atoms with Crippen LogP contribution in [-0.4, -0.2) is 47.1 Å². The van der Waals surface area contributed by atoms with Gasteiger partial charge in [0.15, 0.2) is 0 Å². The van der Waals surface area contributed by atoms with Crippen LogP contribution in [0.2, 0.25) is 0 Å². The van der Waals surface area contributed by atoms with Crippen molar-refractivity contribution < 1.29 is 9.59 Å². The lowest BCUT2D eigenvalue weighted by Gasteiger charge is -2.49. The summed E-state index contributed by atoms with van der Waals surface area (Å²) in [6.45, 7) is 2.67. The highest BCUT2D eigenvalue weighted by Crippen LogP contribution is 2.53. The lowest BCUT2D eigenvalue weighted by molar-refractivity contribution is -0.113. The first kappa shape index (κ1) is 26.2. The molecule has 212 valence electrons. The summed E-state index contributed by atoms with van der Waals surface area (Å²) < 4.78 is 1.73. The van der Waals surface area contributed by atoms with E-state index in [-0.39, 0.29) is 17.5 Å². The predicted molar refractivity (Wildman–Crippen MR) is 162 cm³/mol. The number of aromatic nitrogens is 1. The minimum Gasteiger partial charge on any atom is -0.308 e. The number of fused-ring (bicyclic) bond motifs is 3. The highest BCUT2D eigenvalue weighted by Gasteiger charge is 2.69. The first-order valence-corrected chi connectivity index (χ1v) is 14.9. The van der Waals surface area contributed by atoms with E-state index in [0.717, 1.165) is 35.2 Å². The Kier molecular flexibility index (Phi) is 5.88. The Hall–Kier alpha value is -4.70. The number of anilines is 1. The number of nitrogens with one attached hydrogen (secondary N) is 1. The molecule has 1 N–H and O–H groups in total. The molecule has 0 radical (unpaired) electrons. The van der Waals surface area contributed by atoms with Crippen LogP contribution >= 0.6 is 11.3 Å². The number of rotatable bonds is 5. The number of carbonyl (C=O) groups is 2. The van der Waals surface area contributed by atoms with Crippen LogP contribution in [0.4, 0.5) is 10.5 Å². The number of amides is 3. The third-order valence-electron chi connectivity index (χ3n) is 8.63. The SMILES string of the molecule is CCCCN1C(=O)/C(=c2\sc3n(c2=O)NC2(c4ccccc4)N(C)C(=O)N(C)C2(c2ccccc2)N=3)c2ccccc21. The van der Waals surface area contributed by atoms with Crippen LogP contribution in [0.15, 0.2) is 94.7 Å². The fourth-order valence-electron chi connectivity index (χ4n) is 6.60. The van der Waals surface area contributed by atoms with Gasteiger partial charge in [0.05, 0.1) is 11.3 Å². The van der Waals surface area contributed by atoms with Crippen LogP contribution in [0.3, 0.4) is 0 Å². The van der Waals surface area contributed by atoms with Gasteiger partial charge in [0.1, 0.15) is 4.53 Å². The monoisotopic (exact) mass is 578 g/mol. The van der Waals surface area contributed by atoms with Crippen molar-refractivity contribution in [3.63, 3.8) is 0 Å². The Bertz CT molecular complexity index is 1920. The maximum absolute atomic E-state index is 14.3. The van der Waals surface area contributed by atoms with E-state index in [1.807, 2.05) is 84.9 Å². The van der Waals surface area contributed by atoms with Crippen molar-refractivity contribution >= 4 is 34.5 Å². The normalized spacial score (nSPS) is 23.8. The molecule has 3 amide bonds. The minimum absolute atomic E-state index is 0.180. The summed E-state index contributed by atoms with van der Waals surface area (Å²) in [6, 6.07) is 26.6. The van der Waals surface area contributed by atoms with Crippen LogP contribution in [0, 0.1) is 0 Å². The summed E-state index contributed by atoms with van der Waals surface area (Å²) in [5, 5.41) is 0. The fourth-order valence-corrected chi connectivity index (χ4v) is 7.66. The van der Waals surface area contributed by atoms with Gasteiger partial charge in [-0.3, -0.25) is 24.8 Å². The van der Waals surface area contributed by atoms with Gasteiger partial charge >= 0.3 is 6.03 Å². The van der Waals surface area contributed by atoms with Crippen molar-refractivity contribution in [2.75, 3.05) is 31.0 Å². The molecule has 2 atom stereocenters. The molecule has 1 fully saturated rings. The van der Waals surface area contributed by atoms with E-state index in [2.05, 4.69) is 12.3 Å². The maximum atomic E-state index is 14.3. The molecule has 42 heavy (non-hydrogen) atoms. The number of thiazole rings is 1. The van der Waals surface area contributed by atoms with Gasteiger partial charge in [0.25, 0.3) is 11.5 Å². The highest BCUT2D eigenvalue weighted by molar-refractivity contribution is 7.07. The molecule has 10 heteroatoms. The Morgan fingerprint density at radius 1 is 0.833 bits per heavy atom. The van der Waals surface area contributed by atoms with Crippen molar-refractivity contribution in [1.82, 2.24) is 14.5 Å². The quantitative estimate of drug-likeness (QED) is 0.394. The Morgan fingerprint density at radius 2 is 1.48 bits per heavy atom. The summed E-state index contributed by atoms with van der Waals surface area (Å²) in [5.74, 6) is -0.180. The molecule has 0 bridgehead atoms. The molecule has 2 unspecified atom stereocenters. The predicted octanol–water partition coefficient (Wildman–Crippen LogP) is 3.14. The van der Waals surface area contributed by atoms with E-state index in [1.54, 1.807) is 28.8 Å². The van der Waals surface area contributed by atoms with E-state index >= 15 is 0 Å². The average Bonchev–Trinajstić information content (AvgIpc) is 3.55. The lowest BCUT2D eigenvalue weighted by atomic mass is 9.80. The van der Waals surface area contributed by atoms with E-state index in [1.165, 1.54) is 16.0 Å². The molecule has 0 aliphatic carbocycles. The molecule has 3 aliphatic rings. The molecule has 1 saturated heterocycles. The summed E-state index contributed by atoms with van der Waals surface area (Å²) in [4.78, 5) is 52.6. The Morgan fingerprint density at radius 3 is 2.17 bits per heavy atom. The van der Waals surface area contributed by atoms with Gasteiger partial charge in [0.2, 0.25) is 16.1 Å². The van der Waals surface area contributed by atoms with E-state index in [0.29, 0.717) is 21.5 Å². The highest BCUT2D eigenvalue weighted by atomic mass is 32.1. The Labute approximate surface area is 246 Å². The van der Waals surface area contributed by atoms with Crippen LogP contribution in [-0.2, 0) is 16.1 Å². The van der Waals surface area contributed by atoms with Gasteiger partial charge in [-0.05, 0) is 12.5 Å². The zero-order valence-corrected chi connectivity index (χ0v) is 24.4. The first-order chi connectivity index (χ1) is 20.4. The number of hydrogen-bond donors (Lipinski definition) is 1. The third kappa shape index (κ3) is 3.24. The molecule has 3 aromatic carbocycles. The first-order valence-electron chi connectivity index (χ1n) is 14.0. The second-order valence-electron chi connectivity index (χ2n) is 10.8. The molecular formula is C32H30N6O3S. The Balaban J connectivity index is 1.56. The molecule has 4 heterocycles. The van der Waals surface area contributed by atoms with Gasteiger partial charge < -0.3 is 4.90 Å². The van der Waals surface area contributed by atoms with Gasteiger partial charge in [-0.25, -0.2) is 9.79 Å². The summed E-state index contributed by atoms with van der Waals surface area (Å²) in [6.07, 6.45) is 1.80. The maximum Gasteiger partial charge on any atom is 0.324 e. The average molecular weight is 579 g/mol. The molecule has 0 spiro atoms. The number of likely N-dealkylation sites (N-methyl/N-ethyl adjacent to an activating group) is 2. The number of nitrogens with zero attached hydrogens (tertiary/aromatic N) is 5. The summed E-state index contributed by atoms with van der Waals surface area (Å²) >= 11 is 1.17. The molecule has 9 nitrogen and oxygen atoms in total.